The molecular weight excluding hydrogens is 348 g/mol. The van der Waals surface area contributed by atoms with Gasteiger partial charge in [-0.05, 0) is 49.6 Å². The summed E-state index contributed by atoms with van der Waals surface area (Å²) >= 11 is 1.41. The molecule has 1 aliphatic heterocycles. The molecule has 2 aromatic rings. The first kappa shape index (κ1) is 18.6. The summed E-state index contributed by atoms with van der Waals surface area (Å²) in [7, 11) is 0. The van der Waals surface area contributed by atoms with Gasteiger partial charge in [0.25, 0.3) is 0 Å². The van der Waals surface area contributed by atoms with Crippen LogP contribution in [-0.2, 0) is 9.53 Å². The van der Waals surface area contributed by atoms with E-state index in [1.807, 2.05) is 35.7 Å². The average molecular weight is 372 g/mol. The number of nitrogens with one attached hydrogen (secondary N) is 1. The van der Waals surface area contributed by atoms with Crippen LogP contribution in [0.1, 0.15) is 36.4 Å². The van der Waals surface area contributed by atoms with Crippen LogP contribution in [0.2, 0.25) is 0 Å². The molecule has 0 unspecified atom stereocenters. The Morgan fingerprint density at radius 2 is 1.81 bits per heavy atom. The number of morpholine rings is 1. The number of Topliss-reactive ketones (excluding diaryl/α,β-unsaturated/α-hetero) is 1. The van der Waals surface area contributed by atoms with Crippen molar-refractivity contribution in [3.05, 3.63) is 46.7 Å². The second kappa shape index (κ2) is 8.47. The van der Waals surface area contributed by atoms with Crippen molar-refractivity contribution in [1.29, 1.82) is 0 Å². The summed E-state index contributed by atoms with van der Waals surface area (Å²) < 4.78 is 5.76. The molecule has 1 N–H and O–H groups in total. The van der Waals surface area contributed by atoms with Crippen LogP contribution in [0.3, 0.4) is 0 Å². The summed E-state index contributed by atoms with van der Waals surface area (Å²) in [5, 5.41) is 4.73. The molecule has 5 nitrogen and oxygen atoms in total. The number of carbonyl (C=O) groups excluding carboxylic acids is 2. The second-order valence-electron chi connectivity index (χ2n) is 6.66. The smallest absolute Gasteiger partial charge is 0.224 e. The molecule has 1 aromatic carbocycles. The zero-order valence-corrected chi connectivity index (χ0v) is 15.9. The molecule has 0 bridgehead atoms. The van der Waals surface area contributed by atoms with Crippen molar-refractivity contribution in [3.8, 4) is 0 Å². The fourth-order valence-corrected chi connectivity index (χ4v) is 3.85. The Balaban J connectivity index is 1.50. The SMILES string of the molecule is C[C@H]1CN(c2ccc(NC(=O)CCC(=O)c3cccs3)cc2)C[C@H](C)O1. The summed E-state index contributed by atoms with van der Waals surface area (Å²) in [4.78, 5) is 27.0. The van der Waals surface area contributed by atoms with E-state index in [4.69, 9.17) is 4.74 Å². The van der Waals surface area contributed by atoms with Crippen molar-refractivity contribution >= 4 is 34.4 Å². The number of ketones is 1. The molecule has 138 valence electrons. The molecule has 2 atom stereocenters. The Bertz CT molecular complexity index is 733. The predicted molar refractivity (Wildman–Crippen MR) is 105 cm³/mol. The first-order valence-corrected chi connectivity index (χ1v) is 9.76. The third kappa shape index (κ3) is 4.93. The molecule has 26 heavy (non-hydrogen) atoms. The summed E-state index contributed by atoms with van der Waals surface area (Å²) in [6.45, 7) is 5.88. The van der Waals surface area contributed by atoms with Gasteiger partial charge in [0.05, 0.1) is 17.1 Å². The number of ether oxygens (including phenoxy) is 1. The standard InChI is InChI=1S/C20H24N2O3S/c1-14-12-22(13-15(2)25-14)17-7-5-16(6-8-17)21-20(24)10-9-18(23)19-4-3-11-26-19/h3-8,11,14-15H,9-10,12-13H2,1-2H3,(H,21,24)/t14-,15-/m0/s1. The van der Waals surface area contributed by atoms with E-state index in [0.717, 1.165) is 24.5 Å². The van der Waals surface area contributed by atoms with Gasteiger partial charge < -0.3 is 15.0 Å². The van der Waals surface area contributed by atoms with Crippen molar-refractivity contribution < 1.29 is 14.3 Å². The summed E-state index contributed by atoms with van der Waals surface area (Å²) in [6, 6.07) is 11.5. The number of thiophene rings is 1. The van der Waals surface area contributed by atoms with Crippen molar-refractivity contribution in [2.24, 2.45) is 0 Å². The first-order chi connectivity index (χ1) is 12.5. The maximum Gasteiger partial charge on any atom is 0.224 e. The molecule has 2 heterocycles. The highest BCUT2D eigenvalue weighted by Gasteiger charge is 2.22. The van der Waals surface area contributed by atoms with E-state index in [0.29, 0.717) is 4.88 Å². The Morgan fingerprint density at radius 1 is 1.12 bits per heavy atom. The number of hydrogen-bond donors (Lipinski definition) is 1. The zero-order chi connectivity index (χ0) is 18.5. The van der Waals surface area contributed by atoms with E-state index < -0.39 is 0 Å². The molecule has 3 rings (SSSR count). The monoisotopic (exact) mass is 372 g/mol. The van der Waals surface area contributed by atoms with Crippen molar-refractivity contribution in [2.75, 3.05) is 23.3 Å². The zero-order valence-electron chi connectivity index (χ0n) is 15.1. The molecule has 1 amide bonds. The number of nitrogens with zero attached hydrogens (tertiary/aromatic N) is 1. The molecule has 1 saturated heterocycles. The van der Waals surface area contributed by atoms with Crippen LogP contribution in [0.4, 0.5) is 11.4 Å². The van der Waals surface area contributed by atoms with Gasteiger partial charge in [-0.1, -0.05) is 6.07 Å². The van der Waals surface area contributed by atoms with Gasteiger partial charge in [-0.3, -0.25) is 9.59 Å². The number of amides is 1. The van der Waals surface area contributed by atoms with Crippen LogP contribution in [-0.4, -0.2) is 37.0 Å². The maximum absolute atomic E-state index is 12.1. The highest BCUT2D eigenvalue weighted by Crippen LogP contribution is 2.22. The number of hydrogen-bond acceptors (Lipinski definition) is 5. The van der Waals surface area contributed by atoms with E-state index in [1.165, 1.54) is 11.3 Å². The van der Waals surface area contributed by atoms with Gasteiger partial charge in [0.2, 0.25) is 5.91 Å². The van der Waals surface area contributed by atoms with Gasteiger partial charge in [-0.2, -0.15) is 0 Å². The van der Waals surface area contributed by atoms with Gasteiger partial charge in [0.1, 0.15) is 0 Å². The Hall–Kier alpha value is -2.18. The van der Waals surface area contributed by atoms with Crippen molar-refractivity contribution in [3.63, 3.8) is 0 Å². The largest absolute Gasteiger partial charge is 0.372 e. The van der Waals surface area contributed by atoms with Gasteiger partial charge in [0.15, 0.2) is 5.78 Å². The highest BCUT2D eigenvalue weighted by atomic mass is 32.1. The Kier molecular flexibility index (Phi) is 6.06. The topological polar surface area (TPSA) is 58.6 Å². The van der Waals surface area contributed by atoms with Gasteiger partial charge in [0, 0.05) is 37.3 Å². The minimum Gasteiger partial charge on any atom is -0.372 e. The third-order valence-electron chi connectivity index (χ3n) is 4.31. The van der Waals surface area contributed by atoms with Crippen LogP contribution in [0.5, 0.6) is 0 Å². The van der Waals surface area contributed by atoms with Crippen LogP contribution < -0.4 is 10.2 Å². The lowest BCUT2D eigenvalue weighted by molar-refractivity contribution is -0.116. The van der Waals surface area contributed by atoms with Crippen molar-refractivity contribution in [1.82, 2.24) is 0 Å². The van der Waals surface area contributed by atoms with Crippen LogP contribution in [0.15, 0.2) is 41.8 Å². The molecule has 6 heteroatoms. The van der Waals surface area contributed by atoms with Gasteiger partial charge >= 0.3 is 0 Å². The molecule has 1 fully saturated rings. The molecule has 1 aromatic heterocycles. The Morgan fingerprint density at radius 3 is 2.42 bits per heavy atom. The minimum atomic E-state index is -0.142. The molecule has 0 radical (unpaired) electrons. The predicted octanol–water partition coefficient (Wildman–Crippen LogP) is 3.96. The fraction of sp³-hybridized carbons (Fsp3) is 0.400. The van der Waals surface area contributed by atoms with Gasteiger partial charge in [-0.25, -0.2) is 0 Å². The van der Waals surface area contributed by atoms with Gasteiger partial charge in [-0.15, -0.1) is 11.3 Å². The molecule has 0 aliphatic carbocycles. The number of anilines is 2. The lowest BCUT2D eigenvalue weighted by atomic mass is 10.1. The molecule has 0 spiro atoms. The first-order valence-electron chi connectivity index (χ1n) is 8.88. The molecular formula is C20H24N2O3S. The minimum absolute atomic E-state index is 0.0149. The van der Waals surface area contributed by atoms with E-state index >= 15 is 0 Å². The normalized spacial score (nSPS) is 20.0. The van der Waals surface area contributed by atoms with E-state index in [1.54, 1.807) is 6.07 Å². The Labute approximate surface area is 158 Å². The summed E-state index contributed by atoms with van der Waals surface area (Å²) in [5.74, 6) is -0.127. The van der Waals surface area contributed by atoms with E-state index in [9.17, 15) is 9.59 Å². The van der Waals surface area contributed by atoms with E-state index in [2.05, 4.69) is 24.1 Å². The van der Waals surface area contributed by atoms with Crippen LogP contribution >= 0.6 is 11.3 Å². The number of benzene rings is 1. The van der Waals surface area contributed by atoms with Crippen LogP contribution in [0.25, 0.3) is 0 Å². The molecule has 1 aliphatic rings. The average Bonchev–Trinajstić information content (AvgIpc) is 3.14. The molecule has 0 saturated carbocycles. The summed E-state index contributed by atoms with van der Waals surface area (Å²) in [5.41, 5.74) is 1.87. The lowest BCUT2D eigenvalue weighted by Crippen LogP contribution is -2.45. The van der Waals surface area contributed by atoms with Crippen LogP contribution in [0, 0.1) is 0 Å². The lowest BCUT2D eigenvalue weighted by Gasteiger charge is -2.36. The quantitative estimate of drug-likeness (QED) is 0.780. The maximum atomic E-state index is 12.1. The number of rotatable bonds is 6. The van der Waals surface area contributed by atoms with E-state index in [-0.39, 0.29) is 36.7 Å². The van der Waals surface area contributed by atoms with Crippen molar-refractivity contribution in [2.45, 2.75) is 38.9 Å². The third-order valence-corrected chi connectivity index (χ3v) is 5.22. The second-order valence-corrected chi connectivity index (χ2v) is 7.61. The fourth-order valence-electron chi connectivity index (χ4n) is 3.16. The summed E-state index contributed by atoms with van der Waals surface area (Å²) in [6.07, 6.45) is 0.836. The highest BCUT2D eigenvalue weighted by molar-refractivity contribution is 7.12. The number of carbonyl (C=O) groups is 2.